The third kappa shape index (κ3) is 15.9. The van der Waals surface area contributed by atoms with Crippen molar-refractivity contribution in [1.29, 1.82) is 0 Å². The molecule has 176 valence electrons. The van der Waals surface area contributed by atoms with Crippen LogP contribution < -0.4 is 0 Å². The molecule has 0 unspecified atom stereocenters. The lowest BCUT2D eigenvalue weighted by molar-refractivity contribution is -0.918. The SMILES string of the molecule is CC[N+]1(CCOCC[N+]2(CC)CCCC2)CCCC1.F[B-](F)(F)F.F[B-](F)(F)F. The molecule has 0 spiro atoms. The van der Waals surface area contributed by atoms with Gasteiger partial charge in [0, 0.05) is 25.7 Å². The Morgan fingerprint density at radius 2 is 0.828 bits per heavy atom. The van der Waals surface area contributed by atoms with Crippen LogP contribution in [0.15, 0.2) is 0 Å². The van der Waals surface area contributed by atoms with Crippen LogP contribution in [0.3, 0.4) is 0 Å². The molecular weight excluding hydrogens is 410 g/mol. The van der Waals surface area contributed by atoms with Gasteiger partial charge >= 0.3 is 14.5 Å². The first kappa shape index (κ1) is 28.4. The Kier molecular flexibility index (Phi) is 12.7. The normalized spacial score (nSPS) is 20.5. The molecule has 2 fully saturated rings. The summed E-state index contributed by atoms with van der Waals surface area (Å²) in [6, 6.07) is 0. The second-order valence-corrected chi connectivity index (χ2v) is 7.67. The molecule has 29 heavy (non-hydrogen) atoms. The highest BCUT2D eigenvalue weighted by Crippen LogP contribution is 2.20. The van der Waals surface area contributed by atoms with Crippen LogP contribution >= 0.6 is 0 Å². The van der Waals surface area contributed by atoms with E-state index in [4.69, 9.17) is 4.74 Å². The van der Waals surface area contributed by atoms with E-state index in [9.17, 15) is 34.5 Å². The Hall–Kier alpha value is -0.550. The summed E-state index contributed by atoms with van der Waals surface area (Å²) in [5, 5.41) is 0. The quantitative estimate of drug-likeness (QED) is 0.225. The Morgan fingerprint density at radius 3 is 1.03 bits per heavy atom. The van der Waals surface area contributed by atoms with E-state index in [1.54, 1.807) is 0 Å². The van der Waals surface area contributed by atoms with Gasteiger partial charge in [-0.1, -0.05) is 0 Å². The fourth-order valence-electron chi connectivity index (χ4n) is 4.03. The molecule has 2 rings (SSSR count). The highest BCUT2D eigenvalue weighted by molar-refractivity contribution is 6.50. The van der Waals surface area contributed by atoms with Gasteiger partial charge in [0.25, 0.3) is 0 Å². The molecule has 3 nitrogen and oxygen atoms in total. The summed E-state index contributed by atoms with van der Waals surface area (Å²) in [4.78, 5) is 0. The zero-order valence-corrected chi connectivity index (χ0v) is 17.4. The van der Waals surface area contributed by atoms with Gasteiger partial charge in [0.1, 0.15) is 13.1 Å². The van der Waals surface area contributed by atoms with Crippen molar-refractivity contribution >= 4 is 14.5 Å². The van der Waals surface area contributed by atoms with Crippen LogP contribution in [0.4, 0.5) is 34.5 Å². The largest absolute Gasteiger partial charge is 0.673 e. The molecule has 2 aliphatic rings. The minimum absolute atomic E-state index is 0.970. The topological polar surface area (TPSA) is 9.23 Å². The number of hydrogen-bond acceptors (Lipinski definition) is 1. The van der Waals surface area contributed by atoms with E-state index < -0.39 is 14.5 Å². The molecular formula is C16H34B2F8N2O. The smallest absolute Gasteiger partial charge is 0.418 e. The second kappa shape index (κ2) is 13.0. The summed E-state index contributed by atoms with van der Waals surface area (Å²) < 4.78 is 86.6. The van der Waals surface area contributed by atoms with E-state index in [0.29, 0.717) is 0 Å². The van der Waals surface area contributed by atoms with Gasteiger partial charge in [0.2, 0.25) is 0 Å². The molecule has 0 radical (unpaired) electrons. The zero-order chi connectivity index (χ0) is 22.6. The summed E-state index contributed by atoms with van der Waals surface area (Å²) in [6.45, 7) is 17.2. The minimum Gasteiger partial charge on any atom is -0.418 e. The van der Waals surface area contributed by atoms with Crippen molar-refractivity contribution in [3.8, 4) is 0 Å². The van der Waals surface area contributed by atoms with E-state index in [-0.39, 0.29) is 0 Å². The van der Waals surface area contributed by atoms with Crippen molar-refractivity contribution in [2.24, 2.45) is 0 Å². The standard InChI is InChI=1S/C16H34N2O.2BF4/c1-3-17(9-5-6-10-17)13-15-19-16-14-18(4-2)11-7-8-12-18;2*2-1(3,4)5/h3-16H2,1-2H3;;/q+2;2*-1. The third-order valence-electron chi connectivity index (χ3n) is 5.79. The monoisotopic (exact) mass is 444 g/mol. The third-order valence-corrected chi connectivity index (χ3v) is 5.79. The molecule has 13 heteroatoms. The molecule has 0 saturated carbocycles. The van der Waals surface area contributed by atoms with Crippen LogP contribution in [-0.4, -0.2) is 89.0 Å². The molecule has 2 heterocycles. The van der Waals surface area contributed by atoms with Gasteiger partial charge in [0.05, 0.1) is 52.5 Å². The fraction of sp³-hybridized carbons (Fsp3) is 1.00. The van der Waals surface area contributed by atoms with Crippen molar-refractivity contribution < 1.29 is 48.2 Å². The maximum atomic E-state index is 9.75. The Bertz CT molecular complexity index is 376. The van der Waals surface area contributed by atoms with Crippen molar-refractivity contribution in [3.63, 3.8) is 0 Å². The Balaban J connectivity index is 0.000000653. The average molecular weight is 444 g/mol. The van der Waals surface area contributed by atoms with Gasteiger partial charge < -0.3 is 48.2 Å². The van der Waals surface area contributed by atoms with Crippen molar-refractivity contribution in [2.75, 3.05) is 65.6 Å². The van der Waals surface area contributed by atoms with Gasteiger partial charge in [-0.3, -0.25) is 0 Å². The van der Waals surface area contributed by atoms with Gasteiger partial charge in [-0.15, -0.1) is 0 Å². The molecule has 0 aliphatic carbocycles. The number of ether oxygens (including phenoxy) is 1. The van der Waals surface area contributed by atoms with Crippen LogP contribution in [0.5, 0.6) is 0 Å². The fourth-order valence-corrected chi connectivity index (χ4v) is 4.03. The van der Waals surface area contributed by atoms with E-state index in [1.807, 2.05) is 0 Å². The molecule has 0 amide bonds. The van der Waals surface area contributed by atoms with Crippen LogP contribution in [0, 0.1) is 0 Å². The van der Waals surface area contributed by atoms with E-state index in [0.717, 1.165) is 13.2 Å². The lowest BCUT2D eigenvalue weighted by Gasteiger charge is -2.34. The molecule has 0 N–H and O–H groups in total. The summed E-state index contributed by atoms with van der Waals surface area (Å²) in [6.07, 6.45) is 5.68. The molecule has 2 saturated heterocycles. The maximum Gasteiger partial charge on any atom is 0.673 e. The second-order valence-electron chi connectivity index (χ2n) is 7.67. The number of halogens is 8. The highest BCUT2D eigenvalue weighted by Gasteiger charge is 2.31. The van der Waals surface area contributed by atoms with Gasteiger partial charge in [-0.25, -0.2) is 0 Å². The summed E-state index contributed by atoms with van der Waals surface area (Å²) in [7, 11) is -12.0. The van der Waals surface area contributed by atoms with E-state index >= 15 is 0 Å². The van der Waals surface area contributed by atoms with Gasteiger partial charge in [-0.2, -0.15) is 0 Å². The highest BCUT2D eigenvalue weighted by atomic mass is 19.5. The number of nitrogens with zero attached hydrogens (tertiary/aromatic N) is 2. The molecule has 0 atom stereocenters. The Labute approximate surface area is 168 Å². The lowest BCUT2D eigenvalue weighted by atomic mass is 10.3. The average Bonchev–Trinajstić information content (AvgIpc) is 3.22. The van der Waals surface area contributed by atoms with Crippen LogP contribution in [0.1, 0.15) is 39.5 Å². The first-order valence-electron chi connectivity index (χ1n) is 10.3. The van der Waals surface area contributed by atoms with Gasteiger partial charge in [0.15, 0.2) is 0 Å². The number of likely N-dealkylation sites (tertiary alicyclic amines) is 2. The predicted octanol–water partition coefficient (Wildman–Crippen LogP) is 4.86. The number of rotatable bonds is 8. The number of likely N-dealkylation sites (N-methyl/N-ethyl adjacent to an activating group) is 2. The van der Waals surface area contributed by atoms with Gasteiger partial charge in [-0.05, 0) is 13.8 Å². The van der Waals surface area contributed by atoms with Crippen molar-refractivity contribution in [1.82, 2.24) is 0 Å². The van der Waals surface area contributed by atoms with Crippen molar-refractivity contribution in [2.45, 2.75) is 39.5 Å². The van der Waals surface area contributed by atoms with Crippen LogP contribution in [-0.2, 0) is 4.74 Å². The lowest BCUT2D eigenvalue weighted by Crippen LogP contribution is -2.49. The maximum absolute atomic E-state index is 9.75. The van der Waals surface area contributed by atoms with E-state index in [2.05, 4.69) is 13.8 Å². The summed E-state index contributed by atoms with van der Waals surface area (Å²) in [5.74, 6) is 0. The molecule has 2 aliphatic heterocycles. The Morgan fingerprint density at radius 1 is 0.586 bits per heavy atom. The number of quaternary nitrogens is 2. The molecule has 0 aromatic rings. The summed E-state index contributed by atoms with van der Waals surface area (Å²) >= 11 is 0. The molecule has 0 bridgehead atoms. The first-order valence-corrected chi connectivity index (χ1v) is 10.3. The van der Waals surface area contributed by atoms with Crippen LogP contribution in [0.2, 0.25) is 0 Å². The minimum atomic E-state index is -6.00. The van der Waals surface area contributed by atoms with Crippen molar-refractivity contribution in [3.05, 3.63) is 0 Å². The molecule has 0 aromatic heterocycles. The summed E-state index contributed by atoms with van der Waals surface area (Å²) in [5.41, 5.74) is 0. The zero-order valence-electron chi connectivity index (χ0n) is 17.4. The molecule has 0 aromatic carbocycles. The van der Waals surface area contributed by atoms with Crippen LogP contribution in [0.25, 0.3) is 0 Å². The number of hydrogen-bond donors (Lipinski definition) is 0. The van der Waals surface area contributed by atoms with E-state index in [1.165, 1.54) is 87.0 Å². The predicted molar refractivity (Wildman–Crippen MR) is 100 cm³/mol. The first-order chi connectivity index (χ1) is 13.2.